The van der Waals surface area contributed by atoms with E-state index in [0.717, 1.165) is 31.7 Å². The first-order valence-electron chi connectivity index (χ1n) is 6.84. The van der Waals surface area contributed by atoms with Crippen LogP contribution in [0.15, 0.2) is 12.1 Å². The van der Waals surface area contributed by atoms with Crippen molar-refractivity contribution in [2.75, 3.05) is 11.9 Å². The molecule has 0 spiro atoms. The van der Waals surface area contributed by atoms with Crippen molar-refractivity contribution in [2.45, 2.75) is 32.6 Å². The van der Waals surface area contributed by atoms with Gasteiger partial charge in [-0.25, -0.2) is 9.18 Å². The molecule has 2 N–H and O–H groups in total. The van der Waals surface area contributed by atoms with E-state index in [9.17, 15) is 19.3 Å². The molecule has 1 aliphatic rings. The molecule has 7 heteroatoms. The molecule has 0 unspecified atom stereocenters. The molecule has 0 aliphatic heterocycles. The third kappa shape index (κ3) is 3.29. The molecule has 1 saturated carbocycles. The Morgan fingerprint density at radius 2 is 2.19 bits per heavy atom. The quantitative estimate of drug-likeness (QED) is 0.594. The molecule has 0 heterocycles. The van der Waals surface area contributed by atoms with Crippen LogP contribution in [0.25, 0.3) is 0 Å². The number of rotatable bonds is 7. The van der Waals surface area contributed by atoms with Crippen LogP contribution in [-0.4, -0.2) is 22.5 Å². The van der Waals surface area contributed by atoms with Crippen molar-refractivity contribution in [1.82, 2.24) is 0 Å². The van der Waals surface area contributed by atoms with Crippen molar-refractivity contribution in [1.29, 1.82) is 0 Å². The van der Waals surface area contributed by atoms with Crippen molar-refractivity contribution < 1.29 is 19.2 Å². The Kier molecular flexibility index (Phi) is 4.11. The van der Waals surface area contributed by atoms with Gasteiger partial charge in [0.15, 0.2) is 0 Å². The molecule has 0 bridgehead atoms. The van der Waals surface area contributed by atoms with Gasteiger partial charge in [-0.3, -0.25) is 10.1 Å². The fourth-order valence-electron chi connectivity index (χ4n) is 2.52. The molecule has 1 aliphatic carbocycles. The third-order valence-corrected chi connectivity index (χ3v) is 3.90. The van der Waals surface area contributed by atoms with E-state index >= 15 is 0 Å². The molecule has 1 aromatic rings. The molecule has 21 heavy (non-hydrogen) atoms. The summed E-state index contributed by atoms with van der Waals surface area (Å²) in [5, 5.41) is 22.8. The maximum atomic E-state index is 13.5. The highest BCUT2D eigenvalue weighted by molar-refractivity contribution is 5.90. The number of nitro groups is 1. The Labute approximate surface area is 121 Å². The van der Waals surface area contributed by atoms with Gasteiger partial charge in [0.05, 0.1) is 16.6 Å². The maximum absolute atomic E-state index is 13.5. The van der Waals surface area contributed by atoms with Gasteiger partial charge in [-0.15, -0.1) is 0 Å². The minimum atomic E-state index is -1.44. The SMILES string of the molecule is CCCC1(CNc2cc(C(=O)O)c(F)cc2[N+](=O)[O-])CC1. The maximum Gasteiger partial charge on any atom is 0.338 e. The van der Waals surface area contributed by atoms with Crippen LogP contribution in [0.4, 0.5) is 15.8 Å². The highest BCUT2D eigenvalue weighted by Gasteiger charge is 2.41. The molecule has 1 aromatic carbocycles. The summed E-state index contributed by atoms with van der Waals surface area (Å²) in [6, 6.07) is 1.66. The second kappa shape index (κ2) is 5.67. The van der Waals surface area contributed by atoms with E-state index in [1.54, 1.807) is 0 Å². The number of nitro benzene ring substituents is 1. The summed E-state index contributed by atoms with van der Waals surface area (Å²) in [5.74, 6) is -2.55. The lowest BCUT2D eigenvalue weighted by atomic mass is 10.0. The monoisotopic (exact) mass is 296 g/mol. The molecular formula is C14H17FN2O4. The Bertz CT molecular complexity index is 585. The van der Waals surface area contributed by atoms with Crippen molar-refractivity contribution in [2.24, 2.45) is 5.41 Å². The molecule has 0 amide bonds. The Balaban J connectivity index is 2.26. The molecule has 0 atom stereocenters. The van der Waals surface area contributed by atoms with Gasteiger partial charge in [-0.05, 0) is 30.7 Å². The fourth-order valence-corrected chi connectivity index (χ4v) is 2.52. The van der Waals surface area contributed by atoms with Gasteiger partial charge >= 0.3 is 5.97 Å². The molecule has 0 saturated heterocycles. The van der Waals surface area contributed by atoms with E-state index < -0.39 is 28.0 Å². The second-order valence-electron chi connectivity index (χ2n) is 5.52. The van der Waals surface area contributed by atoms with Crippen LogP contribution in [0.2, 0.25) is 0 Å². The number of nitrogens with one attached hydrogen (secondary N) is 1. The minimum Gasteiger partial charge on any atom is -0.478 e. The molecule has 1 fully saturated rings. The van der Waals surface area contributed by atoms with Crippen LogP contribution in [-0.2, 0) is 0 Å². The van der Waals surface area contributed by atoms with Crippen LogP contribution < -0.4 is 5.32 Å². The molecule has 2 rings (SSSR count). The lowest BCUT2D eigenvalue weighted by Gasteiger charge is -2.16. The van der Waals surface area contributed by atoms with Crippen LogP contribution in [0.3, 0.4) is 0 Å². The zero-order valence-electron chi connectivity index (χ0n) is 11.7. The van der Waals surface area contributed by atoms with Gasteiger partial charge in [0.1, 0.15) is 11.5 Å². The van der Waals surface area contributed by atoms with Crippen molar-refractivity contribution in [3.63, 3.8) is 0 Å². The summed E-state index contributed by atoms with van der Waals surface area (Å²) in [4.78, 5) is 21.2. The first-order valence-corrected chi connectivity index (χ1v) is 6.84. The average Bonchev–Trinajstić information content (AvgIpc) is 3.17. The number of carboxylic acids is 1. The fraction of sp³-hybridized carbons (Fsp3) is 0.500. The Hall–Kier alpha value is -2.18. The summed E-state index contributed by atoms with van der Waals surface area (Å²) >= 11 is 0. The largest absolute Gasteiger partial charge is 0.478 e. The van der Waals surface area contributed by atoms with Gasteiger partial charge in [0, 0.05) is 6.54 Å². The number of nitrogens with zero attached hydrogens (tertiary/aromatic N) is 1. The van der Waals surface area contributed by atoms with Crippen LogP contribution in [0.1, 0.15) is 43.0 Å². The third-order valence-electron chi connectivity index (χ3n) is 3.90. The van der Waals surface area contributed by atoms with Gasteiger partial charge in [-0.2, -0.15) is 0 Å². The zero-order valence-corrected chi connectivity index (χ0v) is 11.7. The zero-order chi connectivity index (χ0) is 15.6. The van der Waals surface area contributed by atoms with Crippen LogP contribution in [0.5, 0.6) is 0 Å². The highest BCUT2D eigenvalue weighted by atomic mass is 19.1. The summed E-state index contributed by atoms with van der Waals surface area (Å²) in [6.07, 6.45) is 4.14. The molecule has 6 nitrogen and oxygen atoms in total. The summed E-state index contributed by atoms with van der Waals surface area (Å²) in [7, 11) is 0. The van der Waals surface area contributed by atoms with Gasteiger partial charge in [-0.1, -0.05) is 13.3 Å². The predicted molar refractivity (Wildman–Crippen MR) is 75.1 cm³/mol. The Morgan fingerprint density at radius 1 is 1.52 bits per heavy atom. The number of anilines is 1. The Morgan fingerprint density at radius 3 is 2.67 bits per heavy atom. The second-order valence-corrected chi connectivity index (χ2v) is 5.52. The van der Waals surface area contributed by atoms with Crippen molar-refractivity contribution >= 4 is 17.3 Å². The number of benzene rings is 1. The summed E-state index contributed by atoms with van der Waals surface area (Å²) in [5.41, 5.74) is -0.810. The topological polar surface area (TPSA) is 92.5 Å². The summed E-state index contributed by atoms with van der Waals surface area (Å²) < 4.78 is 13.5. The van der Waals surface area contributed by atoms with Crippen molar-refractivity contribution in [3.05, 3.63) is 33.6 Å². The van der Waals surface area contributed by atoms with E-state index in [0.29, 0.717) is 12.6 Å². The molecule has 0 radical (unpaired) electrons. The van der Waals surface area contributed by atoms with E-state index in [1.807, 2.05) is 0 Å². The van der Waals surface area contributed by atoms with Gasteiger partial charge < -0.3 is 10.4 Å². The standard InChI is InChI=1S/C14H17FN2O4/c1-2-3-14(4-5-14)8-16-11-6-9(13(18)19)10(15)7-12(11)17(20)21/h6-7,16H,2-5,8H2,1H3,(H,18,19). The molecular weight excluding hydrogens is 279 g/mol. The van der Waals surface area contributed by atoms with Gasteiger partial charge in [0.25, 0.3) is 5.69 Å². The van der Waals surface area contributed by atoms with Crippen molar-refractivity contribution in [3.8, 4) is 0 Å². The molecule has 0 aromatic heterocycles. The smallest absolute Gasteiger partial charge is 0.338 e. The number of hydrogen-bond donors (Lipinski definition) is 2. The lowest BCUT2D eigenvalue weighted by molar-refractivity contribution is -0.384. The van der Waals surface area contributed by atoms with Crippen LogP contribution in [0, 0.1) is 21.3 Å². The van der Waals surface area contributed by atoms with Crippen LogP contribution >= 0.6 is 0 Å². The summed E-state index contributed by atoms with van der Waals surface area (Å²) in [6.45, 7) is 2.61. The number of carbonyl (C=O) groups is 1. The highest BCUT2D eigenvalue weighted by Crippen LogP contribution is 2.49. The van der Waals surface area contributed by atoms with E-state index in [4.69, 9.17) is 5.11 Å². The number of hydrogen-bond acceptors (Lipinski definition) is 4. The lowest BCUT2D eigenvalue weighted by Crippen LogP contribution is -2.16. The average molecular weight is 296 g/mol. The first kappa shape index (κ1) is 15.2. The molecule has 114 valence electrons. The number of carboxylic acid groups (broad SMARTS) is 1. The predicted octanol–water partition coefficient (Wildman–Crippen LogP) is 3.42. The minimum absolute atomic E-state index is 0.0566. The van der Waals surface area contributed by atoms with E-state index in [-0.39, 0.29) is 11.1 Å². The first-order chi connectivity index (χ1) is 9.88. The normalized spacial score (nSPS) is 15.5. The number of aromatic carboxylic acids is 1. The number of halogens is 1. The van der Waals surface area contributed by atoms with Gasteiger partial charge in [0.2, 0.25) is 0 Å². The van der Waals surface area contributed by atoms with E-state index in [2.05, 4.69) is 12.2 Å². The van der Waals surface area contributed by atoms with E-state index in [1.165, 1.54) is 0 Å².